The molecular formula is C17H23F2IN6. The molecule has 26 heavy (non-hydrogen) atoms. The summed E-state index contributed by atoms with van der Waals surface area (Å²) < 4.78 is 29.8. The Morgan fingerprint density at radius 3 is 2.77 bits per heavy atom. The fourth-order valence-corrected chi connectivity index (χ4v) is 2.98. The number of nitrogens with one attached hydrogen (secondary N) is 2. The van der Waals surface area contributed by atoms with Crippen molar-refractivity contribution < 1.29 is 8.78 Å². The van der Waals surface area contributed by atoms with Gasteiger partial charge in [-0.2, -0.15) is 0 Å². The molecule has 1 aromatic heterocycles. The van der Waals surface area contributed by atoms with Crippen LogP contribution in [0.2, 0.25) is 0 Å². The zero-order valence-corrected chi connectivity index (χ0v) is 16.9. The van der Waals surface area contributed by atoms with Gasteiger partial charge < -0.3 is 20.1 Å². The summed E-state index contributed by atoms with van der Waals surface area (Å²) in [6.07, 6.45) is 6.18. The molecule has 1 atom stereocenters. The predicted molar refractivity (Wildman–Crippen MR) is 109 cm³/mol. The number of aliphatic imine (C=N–C) groups is 1. The van der Waals surface area contributed by atoms with Crippen LogP contribution >= 0.6 is 24.0 Å². The van der Waals surface area contributed by atoms with Gasteiger partial charge in [-0.05, 0) is 18.6 Å². The lowest BCUT2D eigenvalue weighted by atomic mass is 10.2. The minimum absolute atomic E-state index is 0. The molecule has 1 fully saturated rings. The topological polar surface area (TPSA) is 57.5 Å². The quantitative estimate of drug-likeness (QED) is 0.395. The minimum Gasteiger partial charge on any atom is -0.365 e. The third-order valence-corrected chi connectivity index (χ3v) is 4.23. The Hall–Kier alpha value is -1.91. The van der Waals surface area contributed by atoms with Gasteiger partial charge in [0.05, 0.1) is 6.33 Å². The summed E-state index contributed by atoms with van der Waals surface area (Å²) in [6, 6.07) is 4.04. The van der Waals surface area contributed by atoms with Crippen LogP contribution in [-0.2, 0) is 6.54 Å². The van der Waals surface area contributed by atoms with Gasteiger partial charge in [0.1, 0.15) is 17.3 Å². The number of anilines is 1. The third-order valence-electron chi connectivity index (χ3n) is 4.23. The van der Waals surface area contributed by atoms with Gasteiger partial charge in [0, 0.05) is 51.7 Å². The smallest absolute Gasteiger partial charge is 0.191 e. The van der Waals surface area contributed by atoms with E-state index in [0.29, 0.717) is 25.6 Å². The molecule has 0 aliphatic carbocycles. The molecule has 1 aliphatic heterocycles. The zero-order valence-electron chi connectivity index (χ0n) is 14.5. The average molecular weight is 476 g/mol. The van der Waals surface area contributed by atoms with Crippen molar-refractivity contribution in [2.75, 3.05) is 31.6 Å². The number of imidazole rings is 1. The van der Waals surface area contributed by atoms with E-state index >= 15 is 0 Å². The molecule has 3 rings (SSSR count). The molecule has 1 aliphatic rings. The number of halogens is 3. The third kappa shape index (κ3) is 5.05. The van der Waals surface area contributed by atoms with Gasteiger partial charge in [-0.15, -0.1) is 24.0 Å². The monoisotopic (exact) mass is 476 g/mol. The first kappa shape index (κ1) is 20.4. The fourth-order valence-electron chi connectivity index (χ4n) is 2.98. The van der Waals surface area contributed by atoms with Crippen LogP contribution in [0.3, 0.4) is 0 Å². The van der Waals surface area contributed by atoms with Crippen LogP contribution in [0.5, 0.6) is 0 Å². The Morgan fingerprint density at radius 2 is 2.12 bits per heavy atom. The van der Waals surface area contributed by atoms with Gasteiger partial charge in [0.2, 0.25) is 0 Å². The van der Waals surface area contributed by atoms with Crippen LogP contribution < -0.4 is 15.5 Å². The second-order valence-electron chi connectivity index (χ2n) is 5.95. The summed E-state index contributed by atoms with van der Waals surface area (Å²) in [7, 11) is 1.70. The van der Waals surface area contributed by atoms with Gasteiger partial charge in [-0.25, -0.2) is 13.8 Å². The number of nitrogens with zero attached hydrogens (tertiary/aromatic N) is 4. The summed E-state index contributed by atoms with van der Waals surface area (Å²) >= 11 is 0. The second kappa shape index (κ2) is 9.70. The van der Waals surface area contributed by atoms with Crippen LogP contribution in [0.4, 0.5) is 14.5 Å². The Kier molecular flexibility index (Phi) is 7.61. The van der Waals surface area contributed by atoms with Crippen molar-refractivity contribution in [3.63, 3.8) is 0 Å². The van der Waals surface area contributed by atoms with E-state index in [1.54, 1.807) is 24.5 Å². The number of hydrogen-bond acceptors (Lipinski definition) is 3. The summed E-state index contributed by atoms with van der Waals surface area (Å²) in [4.78, 5) is 9.94. The number of rotatable bonds is 5. The Bertz CT molecular complexity index is 702. The molecule has 1 saturated heterocycles. The molecule has 2 N–H and O–H groups in total. The van der Waals surface area contributed by atoms with Crippen molar-refractivity contribution in [2.24, 2.45) is 4.99 Å². The molecule has 0 radical (unpaired) electrons. The number of hydrogen-bond donors (Lipinski definition) is 2. The van der Waals surface area contributed by atoms with Crippen LogP contribution in [0.1, 0.15) is 6.42 Å². The highest BCUT2D eigenvalue weighted by Gasteiger charge is 2.27. The van der Waals surface area contributed by atoms with Gasteiger partial charge in [0.25, 0.3) is 0 Å². The first-order chi connectivity index (χ1) is 12.2. The van der Waals surface area contributed by atoms with Crippen molar-refractivity contribution in [1.29, 1.82) is 0 Å². The summed E-state index contributed by atoms with van der Waals surface area (Å²) in [6.45, 7) is 2.61. The van der Waals surface area contributed by atoms with Crippen LogP contribution in [0.15, 0.2) is 41.9 Å². The van der Waals surface area contributed by atoms with Gasteiger partial charge in [0.15, 0.2) is 5.96 Å². The Morgan fingerprint density at radius 1 is 1.35 bits per heavy atom. The number of aromatic nitrogens is 2. The van der Waals surface area contributed by atoms with E-state index < -0.39 is 11.6 Å². The maximum Gasteiger partial charge on any atom is 0.191 e. The Labute approximate surface area is 168 Å². The molecule has 9 heteroatoms. The highest BCUT2D eigenvalue weighted by atomic mass is 127. The van der Waals surface area contributed by atoms with Crippen LogP contribution in [0.25, 0.3) is 0 Å². The summed E-state index contributed by atoms with van der Waals surface area (Å²) in [5.41, 5.74) is 0.0508. The van der Waals surface area contributed by atoms with Crippen molar-refractivity contribution in [2.45, 2.75) is 19.0 Å². The number of guanidine groups is 1. The predicted octanol–water partition coefficient (Wildman–Crippen LogP) is 2.22. The highest BCUT2D eigenvalue weighted by molar-refractivity contribution is 14.0. The first-order valence-corrected chi connectivity index (χ1v) is 8.29. The molecule has 0 saturated carbocycles. The van der Waals surface area contributed by atoms with E-state index in [2.05, 4.69) is 20.6 Å². The molecule has 2 aromatic rings. The lowest BCUT2D eigenvalue weighted by Crippen LogP contribution is -2.45. The van der Waals surface area contributed by atoms with Crippen LogP contribution in [0, 0.1) is 11.6 Å². The van der Waals surface area contributed by atoms with E-state index in [-0.39, 0.29) is 35.7 Å². The summed E-state index contributed by atoms with van der Waals surface area (Å²) in [5.74, 6) is -0.368. The minimum atomic E-state index is -0.525. The first-order valence-electron chi connectivity index (χ1n) is 8.29. The van der Waals surface area contributed by atoms with E-state index in [0.717, 1.165) is 13.0 Å². The molecule has 1 aromatic carbocycles. The molecular weight excluding hydrogens is 453 g/mol. The standard InChI is InChI=1S/C17H22F2N6.HI/c1-20-17(22-7-10-24-9-6-21-12-24)23-13-5-8-25(11-13)16-14(18)3-2-4-15(16)19;/h2-4,6,9,12-13H,5,7-8,10-11H2,1H3,(H2,20,22,23);1H. The highest BCUT2D eigenvalue weighted by Crippen LogP contribution is 2.26. The normalized spacial score (nSPS) is 17.1. The van der Waals surface area contributed by atoms with E-state index in [4.69, 9.17) is 0 Å². The largest absolute Gasteiger partial charge is 0.365 e. The average Bonchev–Trinajstić information content (AvgIpc) is 3.26. The number of benzene rings is 1. The molecule has 2 heterocycles. The molecule has 0 bridgehead atoms. The van der Waals surface area contributed by atoms with Gasteiger partial charge >= 0.3 is 0 Å². The van der Waals surface area contributed by atoms with E-state index in [1.807, 2.05) is 10.8 Å². The van der Waals surface area contributed by atoms with Gasteiger partial charge in [-0.1, -0.05) is 6.07 Å². The van der Waals surface area contributed by atoms with Crippen molar-refractivity contribution in [1.82, 2.24) is 20.2 Å². The maximum absolute atomic E-state index is 13.9. The van der Waals surface area contributed by atoms with E-state index in [1.165, 1.54) is 18.2 Å². The SMILES string of the molecule is CN=C(NCCn1ccnc1)NC1CCN(c2c(F)cccc2F)C1.I. The van der Waals surface area contributed by atoms with Crippen molar-refractivity contribution >= 4 is 35.6 Å². The molecule has 0 spiro atoms. The number of para-hydroxylation sites is 1. The molecule has 142 valence electrons. The lowest BCUT2D eigenvalue weighted by Gasteiger charge is -2.21. The molecule has 1 unspecified atom stereocenters. The van der Waals surface area contributed by atoms with Crippen molar-refractivity contribution in [3.05, 3.63) is 48.6 Å². The van der Waals surface area contributed by atoms with Crippen LogP contribution in [-0.4, -0.2) is 48.2 Å². The van der Waals surface area contributed by atoms with Crippen molar-refractivity contribution in [3.8, 4) is 0 Å². The zero-order chi connectivity index (χ0) is 17.6. The second-order valence-corrected chi connectivity index (χ2v) is 5.95. The van der Waals surface area contributed by atoms with E-state index in [9.17, 15) is 8.78 Å². The summed E-state index contributed by atoms with van der Waals surface area (Å²) in [5, 5.41) is 6.55. The Balaban J connectivity index is 0.00000243. The lowest BCUT2D eigenvalue weighted by molar-refractivity contribution is 0.575. The maximum atomic E-state index is 13.9. The molecule has 0 amide bonds. The fraction of sp³-hybridized carbons (Fsp3) is 0.412. The molecule has 6 nitrogen and oxygen atoms in total. The van der Waals surface area contributed by atoms with Gasteiger partial charge in [-0.3, -0.25) is 4.99 Å².